The number of ether oxygens (including phenoxy) is 2. The molecule has 0 aliphatic carbocycles. The topological polar surface area (TPSA) is 63.7 Å². The van der Waals surface area contributed by atoms with E-state index in [9.17, 15) is 4.79 Å². The van der Waals surface area contributed by atoms with E-state index in [0.29, 0.717) is 12.6 Å². The molecular formula is C27H31N3O3. The van der Waals surface area contributed by atoms with Gasteiger partial charge in [-0.25, -0.2) is 0 Å². The molecule has 1 fully saturated rings. The molecule has 0 bridgehead atoms. The number of morpholine rings is 1. The molecule has 0 spiro atoms. The van der Waals surface area contributed by atoms with Crippen LogP contribution in [0.3, 0.4) is 0 Å². The molecular weight excluding hydrogens is 414 g/mol. The molecule has 0 saturated carbocycles. The van der Waals surface area contributed by atoms with E-state index in [4.69, 9.17) is 9.47 Å². The van der Waals surface area contributed by atoms with E-state index in [1.165, 1.54) is 5.56 Å². The number of nitrogens with one attached hydrogen (secondary N) is 1. The van der Waals surface area contributed by atoms with Crippen molar-refractivity contribution in [3.63, 3.8) is 0 Å². The van der Waals surface area contributed by atoms with Crippen LogP contribution in [0.4, 0.5) is 5.69 Å². The van der Waals surface area contributed by atoms with Crippen LogP contribution < -0.4 is 15.0 Å². The first kappa shape index (κ1) is 22.8. The van der Waals surface area contributed by atoms with Gasteiger partial charge in [0.1, 0.15) is 5.75 Å². The Balaban J connectivity index is 1.40. The van der Waals surface area contributed by atoms with Crippen molar-refractivity contribution in [1.29, 1.82) is 0 Å². The highest BCUT2D eigenvalue weighted by atomic mass is 16.5. The largest absolute Gasteiger partial charge is 0.496 e. The average molecular weight is 446 g/mol. The molecule has 6 nitrogen and oxygen atoms in total. The Morgan fingerprint density at radius 3 is 2.70 bits per heavy atom. The number of nitrogens with zero attached hydrogens (tertiary/aromatic N) is 2. The van der Waals surface area contributed by atoms with Gasteiger partial charge in [-0.15, -0.1) is 0 Å². The van der Waals surface area contributed by atoms with Crippen molar-refractivity contribution in [3.8, 4) is 16.9 Å². The molecule has 33 heavy (non-hydrogen) atoms. The number of benzene rings is 2. The monoisotopic (exact) mass is 445 g/mol. The maximum absolute atomic E-state index is 12.3. The van der Waals surface area contributed by atoms with Crippen molar-refractivity contribution < 1.29 is 14.3 Å². The normalized spacial score (nSPS) is 15.8. The minimum Gasteiger partial charge on any atom is -0.496 e. The zero-order valence-corrected chi connectivity index (χ0v) is 19.5. The number of aromatic nitrogens is 1. The van der Waals surface area contributed by atoms with Gasteiger partial charge in [0.2, 0.25) is 5.91 Å². The molecule has 1 amide bonds. The van der Waals surface area contributed by atoms with Gasteiger partial charge in [-0.3, -0.25) is 9.78 Å². The number of aryl methyl sites for hydroxylation is 1. The Morgan fingerprint density at radius 2 is 2.00 bits per heavy atom. The zero-order chi connectivity index (χ0) is 23.2. The lowest BCUT2D eigenvalue weighted by molar-refractivity contribution is -0.120. The molecule has 2 aromatic carbocycles. The summed E-state index contributed by atoms with van der Waals surface area (Å²) in [5, 5.41) is 2.96. The van der Waals surface area contributed by atoms with Crippen LogP contribution in [0, 0.1) is 6.92 Å². The van der Waals surface area contributed by atoms with Crippen LogP contribution in [0.5, 0.6) is 5.75 Å². The molecule has 172 valence electrons. The quantitative estimate of drug-likeness (QED) is 0.592. The van der Waals surface area contributed by atoms with Gasteiger partial charge in [0.05, 0.1) is 26.7 Å². The molecule has 2 heterocycles. The van der Waals surface area contributed by atoms with E-state index < -0.39 is 0 Å². The lowest BCUT2D eigenvalue weighted by atomic mass is 10.0. The van der Waals surface area contributed by atoms with Crippen LogP contribution in [-0.4, -0.2) is 43.8 Å². The molecule has 1 N–H and O–H groups in total. The fraction of sp³-hybridized carbons (Fsp3) is 0.333. The van der Waals surface area contributed by atoms with E-state index in [1.807, 2.05) is 43.3 Å². The van der Waals surface area contributed by atoms with Crippen LogP contribution in [-0.2, 0) is 22.5 Å². The minimum absolute atomic E-state index is 0.0441. The molecule has 6 heteroatoms. The van der Waals surface area contributed by atoms with Crippen LogP contribution in [0.25, 0.3) is 11.1 Å². The maximum Gasteiger partial charge on any atom is 0.226 e. The van der Waals surface area contributed by atoms with E-state index in [0.717, 1.165) is 53.6 Å². The number of amides is 1. The van der Waals surface area contributed by atoms with Crippen molar-refractivity contribution in [2.24, 2.45) is 0 Å². The first-order valence-electron chi connectivity index (χ1n) is 11.3. The van der Waals surface area contributed by atoms with Crippen molar-refractivity contribution in [3.05, 3.63) is 77.6 Å². The van der Waals surface area contributed by atoms with E-state index in [1.54, 1.807) is 13.3 Å². The third kappa shape index (κ3) is 5.71. The smallest absolute Gasteiger partial charge is 0.226 e. The Kier molecular flexibility index (Phi) is 7.25. The zero-order valence-electron chi connectivity index (χ0n) is 19.5. The average Bonchev–Trinajstić information content (AvgIpc) is 2.84. The lowest BCUT2D eigenvalue weighted by Crippen LogP contribution is -2.43. The predicted octanol–water partition coefficient (Wildman–Crippen LogP) is 4.15. The summed E-state index contributed by atoms with van der Waals surface area (Å²) in [5.74, 6) is 0.758. The van der Waals surface area contributed by atoms with Gasteiger partial charge >= 0.3 is 0 Å². The van der Waals surface area contributed by atoms with Crippen LogP contribution in [0.2, 0.25) is 0 Å². The fourth-order valence-corrected chi connectivity index (χ4v) is 4.03. The summed E-state index contributed by atoms with van der Waals surface area (Å²) in [6, 6.07) is 18.6. The summed E-state index contributed by atoms with van der Waals surface area (Å²) in [6.07, 6.45) is 2.05. The SMILES string of the molecule is COc1cc(N2CCOC[C@@H]2C)ccc1-c1ccc(CC(=O)NCc2ccc(C)cc2)nc1. The Bertz CT molecular complexity index is 1080. The van der Waals surface area contributed by atoms with Crippen molar-refractivity contribution >= 4 is 11.6 Å². The summed E-state index contributed by atoms with van der Waals surface area (Å²) in [6.45, 7) is 7.06. The van der Waals surface area contributed by atoms with Crippen LogP contribution >= 0.6 is 0 Å². The predicted molar refractivity (Wildman–Crippen MR) is 131 cm³/mol. The highest BCUT2D eigenvalue weighted by molar-refractivity contribution is 5.78. The summed E-state index contributed by atoms with van der Waals surface area (Å²) < 4.78 is 11.2. The summed E-state index contributed by atoms with van der Waals surface area (Å²) in [7, 11) is 1.69. The number of anilines is 1. The molecule has 1 atom stereocenters. The van der Waals surface area contributed by atoms with Gasteiger partial charge < -0.3 is 19.7 Å². The Labute approximate surface area is 195 Å². The van der Waals surface area contributed by atoms with E-state index in [2.05, 4.69) is 40.3 Å². The van der Waals surface area contributed by atoms with Gasteiger partial charge in [0.25, 0.3) is 0 Å². The summed E-state index contributed by atoms with van der Waals surface area (Å²) >= 11 is 0. The highest BCUT2D eigenvalue weighted by Gasteiger charge is 2.20. The second-order valence-corrected chi connectivity index (χ2v) is 8.48. The third-order valence-corrected chi connectivity index (χ3v) is 5.97. The standard InChI is InChI=1S/C27H31N3O3/c1-19-4-6-21(7-5-19)16-29-27(31)14-23-9-8-22(17-28-23)25-11-10-24(15-26(25)32-3)30-12-13-33-18-20(30)2/h4-11,15,17,20H,12-14,16,18H2,1-3H3,(H,29,31)/t20-/m0/s1. The molecule has 1 aliphatic heterocycles. The van der Waals surface area contributed by atoms with E-state index >= 15 is 0 Å². The first-order valence-corrected chi connectivity index (χ1v) is 11.3. The number of hydrogen-bond donors (Lipinski definition) is 1. The van der Waals surface area contributed by atoms with Crippen LogP contribution in [0.15, 0.2) is 60.8 Å². The molecule has 0 radical (unpaired) electrons. The Hall–Kier alpha value is -3.38. The van der Waals surface area contributed by atoms with E-state index in [-0.39, 0.29) is 12.3 Å². The second-order valence-electron chi connectivity index (χ2n) is 8.48. The maximum atomic E-state index is 12.3. The van der Waals surface area contributed by atoms with Gasteiger partial charge in [-0.2, -0.15) is 0 Å². The molecule has 1 saturated heterocycles. The highest BCUT2D eigenvalue weighted by Crippen LogP contribution is 2.34. The van der Waals surface area contributed by atoms with Gasteiger partial charge in [-0.1, -0.05) is 35.9 Å². The number of carbonyl (C=O) groups excluding carboxylic acids is 1. The van der Waals surface area contributed by atoms with Crippen LogP contribution in [0.1, 0.15) is 23.7 Å². The summed E-state index contributed by atoms with van der Waals surface area (Å²) in [4.78, 5) is 19.2. The summed E-state index contributed by atoms with van der Waals surface area (Å²) in [5.41, 5.74) is 6.08. The third-order valence-electron chi connectivity index (χ3n) is 5.97. The number of rotatable bonds is 7. The molecule has 3 aromatic rings. The number of carbonyl (C=O) groups is 1. The molecule has 0 unspecified atom stereocenters. The van der Waals surface area contributed by atoms with Crippen molar-refractivity contribution in [2.45, 2.75) is 32.9 Å². The van der Waals surface area contributed by atoms with Crippen molar-refractivity contribution in [1.82, 2.24) is 10.3 Å². The van der Waals surface area contributed by atoms with Crippen molar-refractivity contribution in [2.75, 3.05) is 31.8 Å². The van der Waals surface area contributed by atoms with Gasteiger partial charge in [-0.05, 0) is 37.6 Å². The first-order chi connectivity index (χ1) is 16.0. The molecule has 1 aliphatic rings. The number of pyridine rings is 1. The van der Waals surface area contributed by atoms with Gasteiger partial charge in [0, 0.05) is 53.9 Å². The number of methoxy groups -OCH3 is 1. The minimum atomic E-state index is -0.0441. The van der Waals surface area contributed by atoms with Gasteiger partial charge in [0.15, 0.2) is 0 Å². The molecule has 4 rings (SSSR count). The lowest BCUT2D eigenvalue weighted by Gasteiger charge is -2.35. The Morgan fingerprint density at radius 1 is 1.18 bits per heavy atom. The fourth-order valence-electron chi connectivity index (χ4n) is 4.03. The number of hydrogen-bond acceptors (Lipinski definition) is 5. The second kappa shape index (κ2) is 10.5. The molecule has 1 aromatic heterocycles.